The van der Waals surface area contributed by atoms with Crippen LogP contribution in [0.15, 0.2) is 48.5 Å². The Kier molecular flexibility index (Phi) is 7.01. The second-order valence-corrected chi connectivity index (χ2v) is 9.20. The highest BCUT2D eigenvalue weighted by atomic mass is 16.6. The zero-order valence-corrected chi connectivity index (χ0v) is 19.1. The van der Waals surface area contributed by atoms with Gasteiger partial charge in [0.1, 0.15) is 18.0 Å². The molecule has 2 aromatic rings. The molecule has 1 amide bonds. The van der Waals surface area contributed by atoms with Crippen molar-refractivity contribution >= 4 is 6.09 Å². The number of nitrogens with zero attached hydrogens (tertiary/aromatic N) is 1. The monoisotopic (exact) mass is 438 g/mol. The Labute approximate surface area is 190 Å². The van der Waals surface area contributed by atoms with Gasteiger partial charge < -0.3 is 24.8 Å². The van der Waals surface area contributed by atoms with Crippen LogP contribution >= 0.6 is 0 Å². The molecule has 2 bridgehead atoms. The molecule has 0 saturated carbocycles. The Balaban J connectivity index is 1.48. The summed E-state index contributed by atoms with van der Waals surface area (Å²) >= 11 is 0. The minimum atomic E-state index is -0.729. The van der Waals surface area contributed by atoms with Gasteiger partial charge in [-0.1, -0.05) is 36.4 Å². The SMILES string of the molecule is COCCOc1ccc(-c2ccc([C@](C)(CC3CN4CCC3CC4)OC(N)=O)cc2)cc1. The predicted molar refractivity (Wildman–Crippen MR) is 125 cm³/mol. The first-order valence-corrected chi connectivity index (χ1v) is 11.5. The molecule has 3 heterocycles. The molecular weight excluding hydrogens is 404 g/mol. The quantitative estimate of drug-likeness (QED) is 0.587. The summed E-state index contributed by atoms with van der Waals surface area (Å²) in [5, 5.41) is 0. The highest BCUT2D eigenvalue weighted by Crippen LogP contribution is 2.41. The average Bonchev–Trinajstić information content (AvgIpc) is 2.80. The molecule has 5 rings (SSSR count). The van der Waals surface area contributed by atoms with Crippen LogP contribution in [0.4, 0.5) is 4.79 Å². The summed E-state index contributed by atoms with van der Waals surface area (Å²) in [6.45, 7) is 6.56. The fourth-order valence-corrected chi connectivity index (χ4v) is 5.26. The predicted octanol–water partition coefficient (Wildman–Crippen LogP) is 4.42. The summed E-state index contributed by atoms with van der Waals surface area (Å²) in [5.41, 5.74) is 7.94. The van der Waals surface area contributed by atoms with Gasteiger partial charge in [-0.2, -0.15) is 0 Å². The smallest absolute Gasteiger partial charge is 0.405 e. The van der Waals surface area contributed by atoms with Gasteiger partial charge in [0.05, 0.1) is 6.61 Å². The number of primary amides is 1. The average molecular weight is 439 g/mol. The van der Waals surface area contributed by atoms with E-state index in [2.05, 4.69) is 29.2 Å². The van der Waals surface area contributed by atoms with Crippen molar-refractivity contribution in [3.63, 3.8) is 0 Å². The number of amides is 1. The van der Waals surface area contributed by atoms with Gasteiger partial charge in [0.2, 0.25) is 0 Å². The molecule has 0 spiro atoms. The Bertz CT molecular complexity index is 891. The van der Waals surface area contributed by atoms with E-state index in [0.717, 1.165) is 35.4 Å². The normalized spacial score (nSPS) is 24.0. The maximum atomic E-state index is 11.8. The number of rotatable bonds is 9. The van der Waals surface area contributed by atoms with Gasteiger partial charge >= 0.3 is 6.09 Å². The first-order valence-electron chi connectivity index (χ1n) is 11.5. The van der Waals surface area contributed by atoms with Gasteiger partial charge in [-0.25, -0.2) is 4.79 Å². The van der Waals surface area contributed by atoms with Crippen LogP contribution in [-0.2, 0) is 15.1 Å². The lowest BCUT2D eigenvalue weighted by Crippen LogP contribution is -2.49. The van der Waals surface area contributed by atoms with E-state index < -0.39 is 11.7 Å². The molecule has 3 saturated heterocycles. The van der Waals surface area contributed by atoms with Crippen molar-refractivity contribution in [2.75, 3.05) is 40.0 Å². The van der Waals surface area contributed by atoms with Gasteiger partial charge in [-0.05, 0) is 79.9 Å². The number of ether oxygens (including phenoxy) is 3. The fraction of sp³-hybridized carbons (Fsp3) is 0.500. The highest BCUT2D eigenvalue weighted by Gasteiger charge is 2.41. The zero-order chi connectivity index (χ0) is 22.6. The van der Waals surface area contributed by atoms with Crippen molar-refractivity contribution in [1.82, 2.24) is 4.90 Å². The van der Waals surface area contributed by atoms with Crippen molar-refractivity contribution in [2.24, 2.45) is 17.6 Å². The molecule has 1 unspecified atom stereocenters. The Morgan fingerprint density at radius 3 is 2.19 bits per heavy atom. The molecule has 2 N–H and O–H groups in total. The number of nitrogens with two attached hydrogens (primary N) is 1. The van der Waals surface area contributed by atoms with E-state index >= 15 is 0 Å². The van der Waals surface area contributed by atoms with Crippen LogP contribution in [0.25, 0.3) is 11.1 Å². The second-order valence-electron chi connectivity index (χ2n) is 9.20. The van der Waals surface area contributed by atoms with E-state index in [-0.39, 0.29) is 0 Å². The molecule has 0 aliphatic carbocycles. The number of piperidine rings is 3. The molecule has 3 aliphatic heterocycles. The lowest BCUT2D eigenvalue weighted by molar-refractivity contribution is -0.0325. The number of hydrogen-bond donors (Lipinski definition) is 1. The van der Waals surface area contributed by atoms with Crippen molar-refractivity contribution in [1.29, 1.82) is 0 Å². The Morgan fingerprint density at radius 1 is 1.03 bits per heavy atom. The summed E-state index contributed by atoms with van der Waals surface area (Å²) in [4.78, 5) is 14.3. The van der Waals surface area contributed by atoms with E-state index in [1.54, 1.807) is 7.11 Å². The van der Waals surface area contributed by atoms with E-state index in [0.29, 0.717) is 25.0 Å². The summed E-state index contributed by atoms with van der Waals surface area (Å²) in [7, 11) is 1.66. The number of carbonyl (C=O) groups excluding carboxylic acids is 1. The number of methoxy groups -OCH3 is 1. The number of fused-ring (bicyclic) bond motifs is 3. The van der Waals surface area contributed by atoms with E-state index in [1.165, 1.54) is 25.9 Å². The van der Waals surface area contributed by atoms with Gasteiger partial charge in [-0.15, -0.1) is 0 Å². The van der Waals surface area contributed by atoms with Gasteiger partial charge in [0.25, 0.3) is 0 Å². The largest absolute Gasteiger partial charge is 0.491 e. The summed E-state index contributed by atoms with van der Waals surface area (Å²) in [5.74, 6) is 2.05. The first-order chi connectivity index (χ1) is 15.5. The van der Waals surface area contributed by atoms with Crippen LogP contribution in [0.1, 0.15) is 31.7 Å². The number of benzene rings is 2. The highest BCUT2D eigenvalue weighted by molar-refractivity contribution is 5.66. The number of hydrogen-bond acceptors (Lipinski definition) is 5. The minimum absolute atomic E-state index is 0.521. The minimum Gasteiger partial charge on any atom is -0.491 e. The van der Waals surface area contributed by atoms with Crippen molar-refractivity contribution in [2.45, 2.75) is 31.8 Å². The first kappa shape index (κ1) is 22.6. The lowest BCUT2D eigenvalue weighted by atomic mass is 9.72. The third-order valence-electron chi connectivity index (χ3n) is 7.01. The van der Waals surface area contributed by atoms with Gasteiger partial charge in [0, 0.05) is 13.7 Å². The van der Waals surface area contributed by atoms with Crippen molar-refractivity contribution in [3.8, 4) is 16.9 Å². The summed E-state index contributed by atoms with van der Waals surface area (Å²) in [6.07, 6.45) is 2.55. The summed E-state index contributed by atoms with van der Waals surface area (Å²) < 4.78 is 16.4. The Morgan fingerprint density at radius 2 is 1.66 bits per heavy atom. The van der Waals surface area contributed by atoms with Crippen LogP contribution in [0.2, 0.25) is 0 Å². The standard InChI is InChI=1S/C26H34N2O4/c1-26(32-25(27)29,17-22-18-28-13-11-21(22)12-14-28)23-7-3-19(4-8-23)20-5-9-24(10-6-20)31-16-15-30-2/h3-10,21-22H,11-18H2,1-2H3,(H2,27,29)/t22?,26-/m0/s1. The van der Waals surface area contributed by atoms with Crippen molar-refractivity contribution in [3.05, 3.63) is 54.1 Å². The lowest BCUT2D eigenvalue weighted by Gasteiger charge is -2.47. The molecule has 172 valence electrons. The third-order valence-corrected chi connectivity index (χ3v) is 7.01. The van der Waals surface area contributed by atoms with Crippen LogP contribution < -0.4 is 10.5 Å². The number of carbonyl (C=O) groups is 1. The maximum Gasteiger partial charge on any atom is 0.405 e. The topological polar surface area (TPSA) is 74.0 Å². The molecule has 2 aromatic carbocycles. The van der Waals surface area contributed by atoms with Crippen molar-refractivity contribution < 1.29 is 19.0 Å². The molecule has 3 aliphatic rings. The Hall–Kier alpha value is -2.57. The van der Waals surface area contributed by atoms with Crippen LogP contribution in [0.5, 0.6) is 5.75 Å². The molecule has 0 aromatic heterocycles. The molecule has 32 heavy (non-hydrogen) atoms. The second kappa shape index (κ2) is 9.92. The van der Waals surface area contributed by atoms with Crippen LogP contribution in [-0.4, -0.2) is 51.0 Å². The van der Waals surface area contributed by atoms with E-state index in [9.17, 15) is 4.79 Å². The fourth-order valence-electron chi connectivity index (χ4n) is 5.26. The summed E-state index contributed by atoms with van der Waals surface area (Å²) in [6, 6.07) is 16.3. The molecular formula is C26H34N2O4. The van der Waals surface area contributed by atoms with Gasteiger partial charge in [-0.3, -0.25) is 0 Å². The van der Waals surface area contributed by atoms with Crippen LogP contribution in [0.3, 0.4) is 0 Å². The van der Waals surface area contributed by atoms with Gasteiger partial charge in [0.15, 0.2) is 0 Å². The third kappa shape index (κ3) is 5.25. The molecule has 3 fully saturated rings. The van der Waals surface area contributed by atoms with E-state index in [4.69, 9.17) is 19.9 Å². The molecule has 2 atom stereocenters. The van der Waals surface area contributed by atoms with Crippen LogP contribution in [0, 0.1) is 11.8 Å². The van der Waals surface area contributed by atoms with E-state index in [1.807, 2.05) is 31.2 Å². The molecule has 0 radical (unpaired) electrons. The zero-order valence-electron chi connectivity index (χ0n) is 19.1. The molecule has 6 heteroatoms. The maximum absolute atomic E-state index is 11.8. The molecule has 6 nitrogen and oxygen atoms in total.